The number of benzene rings is 2. The summed E-state index contributed by atoms with van der Waals surface area (Å²) in [6.07, 6.45) is 0.602. The number of hydrogen-bond acceptors (Lipinski definition) is 4. The molecule has 0 spiro atoms. The van der Waals surface area contributed by atoms with Gasteiger partial charge in [-0.2, -0.15) is 0 Å². The molecule has 1 heterocycles. The Kier molecular flexibility index (Phi) is 5.66. The van der Waals surface area contributed by atoms with Crippen LogP contribution < -0.4 is 5.32 Å². The molecule has 0 aromatic heterocycles. The smallest absolute Gasteiger partial charge is 0.261 e. The fourth-order valence-electron chi connectivity index (χ4n) is 3.11. The highest BCUT2D eigenvalue weighted by molar-refractivity contribution is 6.22. The predicted molar refractivity (Wildman–Crippen MR) is 103 cm³/mol. The SMILES string of the molecule is CNCCN(C)C(=O)c1ccc2c(c1)C(=O)N(CCc1ccccc1)C2=O. The molecule has 2 aromatic rings. The maximum Gasteiger partial charge on any atom is 0.261 e. The monoisotopic (exact) mass is 365 g/mol. The van der Waals surface area contributed by atoms with Crippen LogP contribution in [0.5, 0.6) is 0 Å². The van der Waals surface area contributed by atoms with Crippen molar-refractivity contribution in [2.75, 3.05) is 33.7 Å². The molecule has 0 fully saturated rings. The van der Waals surface area contributed by atoms with E-state index in [1.54, 1.807) is 24.1 Å². The van der Waals surface area contributed by atoms with Crippen LogP contribution in [0.1, 0.15) is 36.6 Å². The number of carbonyl (C=O) groups excluding carboxylic acids is 3. The molecule has 6 heteroatoms. The normalized spacial score (nSPS) is 13.0. The average Bonchev–Trinajstić information content (AvgIpc) is 2.94. The lowest BCUT2D eigenvalue weighted by molar-refractivity contribution is 0.0655. The minimum Gasteiger partial charge on any atom is -0.340 e. The molecule has 0 radical (unpaired) electrons. The Morgan fingerprint density at radius 2 is 1.74 bits per heavy atom. The Morgan fingerprint density at radius 1 is 1.04 bits per heavy atom. The zero-order valence-electron chi connectivity index (χ0n) is 15.6. The summed E-state index contributed by atoms with van der Waals surface area (Å²) in [6, 6.07) is 14.5. The number of imide groups is 1. The summed E-state index contributed by atoms with van der Waals surface area (Å²) in [5.74, 6) is -0.803. The fourth-order valence-corrected chi connectivity index (χ4v) is 3.11. The third-order valence-electron chi connectivity index (χ3n) is 4.73. The molecular weight excluding hydrogens is 342 g/mol. The topological polar surface area (TPSA) is 69.7 Å². The van der Waals surface area contributed by atoms with E-state index >= 15 is 0 Å². The largest absolute Gasteiger partial charge is 0.340 e. The maximum atomic E-state index is 12.7. The molecule has 3 rings (SSSR count). The standard InChI is InChI=1S/C21H23N3O3/c1-22-11-13-23(2)19(25)16-8-9-17-18(14-16)21(27)24(20(17)26)12-10-15-6-4-3-5-7-15/h3-9,14,22H,10-13H2,1-2H3. The molecular formula is C21H23N3O3. The highest BCUT2D eigenvalue weighted by Gasteiger charge is 2.35. The summed E-state index contributed by atoms with van der Waals surface area (Å²) in [5, 5.41) is 2.99. The maximum absolute atomic E-state index is 12.7. The molecule has 3 amide bonds. The number of likely N-dealkylation sites (N-methyl/N-ethyl adjacent to an activating group) is 2. The van der Waals surface area contributed by atoms with Crippen molar-refractivity contribution >= 4 is 17.7 Å². The average molecular weight is 365 g/mol. The minimum absolute atomic E-state index is 0.170. The lowest BCUT2D eigenvalue weighted by Gasteiger charge is -2.17. The highest BCUT2D eigenvalue weighted by Crippen LogP contribution is 2.24. The van der Waals surface area contributed by atoms with Gasteiger partial charge < -0.3 is 10.2 Å². The Balaban J connectivity index is 1.75. The number of nitrogens with zero attached hydrogens (tertiary/aromatic N) is 2. The molecule has 1 aliphatic heterocycles. The second kappa shape index (κ2) is 8.14. The number of carbonyl (C=O) groups is 3. The van der Waals surface area contributed by atoms with Crippen LogP contribution in [0, 0.1) is 0 Å². The quantitative estimate of drug-likeness (QED) is 0.760. The van der Waals surface area contributed by atoms with Gasteiger partial charge in [0.15, 0.2) is 0 Å². The highest BCUT2D eigenvalue weighted by atomic mass is 16.2. The van der Waals surface area contributed by atoms with Crippen LogP contribution in [0.2, 0.25) is 0 Å². The number of amides is 3. The summed E-state index contributed by atoms with van der Waals surface area (Å²) in [4.78, 5) is 40.7. The molecule has 0 saturated carbocycles. The Hall–Kier alpha value is -2.99. The Morgan fingerprint density at radius 3 is 2.44 bits per heavy atom. The Bertz CT molecular complexity index is 864. The number of nitrogens with one attached hydrogen (secondary N) is 1. The number of fused-ring (bicyclic) bond motifs is 1. The lowest BCUT2D eigenvalue weighted by Crippen LogP contribution is -2.33. The number of rotatable bonds is 7. The van der Waals surface area contributed by atoms with E-state index in [2.05, 4.69) is 5.32 Å². The first-order valence-electron chi connectivity index (χ1n) is 8.97. The third kappa shape index (κ3) is 3.90. The first kappa shape index (κ1) is 18.8. The van der Waals surface area contributed by atoms with Gasteiger partial charge in [-0.3, -0.25) is 19.3 Å². The van der Waals surface area contributed by atoms with E-state index in [1.807, 2.05) is 37.4 Å². The first-order valence-corrected chi connectivity index (χ1v) is 8.97. The molecule has 1 aliphatic rings. The molecule has 0 atom stereocenters. The summed E-state index contributed by atoms with van der Waals surface area (Å²) < 4.78 is 0. The van der Waals surface area contributed by atoms with Crippen LogP contribution in [0.3, 0.4) is 0 Å². The van der Waals surface area contributed by atoms with Gasteiger partial charge in [0.1, 0.15) is 0 Å². The molecule has 27 heavy (non-hydrogen) atoms. The van der Waals surface area contributed by atoms with Crippen molar-refractivity contribution in [2.45, 2.75) is 6.42 Å². The second-order valence-corrected chi connectivity index (χ2v) is 6.59. The van der Waals surface area contributed by atoms with Gasteiger partial charge in [-0.15, -0.1) is 0 Å². The first-order chi connectivity index (χ1) is 13.0. The zero-order chi connectivity index (χ0) is 19.4. The van der Waals surface area contributed by atoms with E-state index in [-0.39, 0.29) is 17.7 Å². The summed E-state index contributed by atoms with van der Waals surface area (Å²) in [7, 11) is 3.54. The minimum atomic E-state index is -0.335. The van der Waals surface area contributed by atoms with Crippen molar-refractivity contribution < 1.29 is 14.4 Å². The summed E-state index contributed by atoms with van der Waals surface area (Å²) in [5.41, 5.74) is 2.15. The molecule has 140 valence electrons. The van der Waals surface area contributed by atoms with E-state index in [1.165, 1.54) is 11.0 Å². The van der Waals surface area contributed by atoms with Crippen LogP contribution in [-0.4, -0.2) is 61.3 Å². The van der Waals surface area contributed by atoms with Crippen LogP contribution in [-0.2, 0) is 6.42 Å². The number of hydrogen-bond donors (Lipinski definition) is 1. The van der Waals surface area contributed by atoms with E-state index < -0.39 is 0 Å². The molecule has 2 aromatic carbocycles. The zero-order valence-corrected chi connectivity index (χ0v) is 15.6. The van der Waals surface area contributed by atoms with Crippen molar-refractivity contribution in [3.63, 3.8) is 0 Å². The molecule has 0 aliphatic carbocycles. The van der Waals surface area contributed by atoms with Crippen molar-refractivity contribution in [3.05, 3.63) is 70.8 Å². The van der Waals surface area contributed by atoms with Crippen LogP contribution in [0.4, 0.5) is 0 Å². The van der Waals surface area contributed by atoms with Gasteiger partial charge in [0.05, 0.1) is 11.1 Å². The summed E-state index contributed by atoms with van der Waals surface area (Å²) in [6.45, 7) is 1.56. The molecule has 0 saturated heterocycles. The van der Waals surface area contributed by atoms with Crippen molar-refractivity contribution in [1.82, 2.24) is 15.1 Å². The predicted octanol–water partition coefficient (Wildman–Crippen LogP) is 1.82. The van der Waals surface area contributed by atoms with Gasteiger partial charge in [-0.05, 0) is 37.2 Å². The molecule has 1 N–H and O–H groups in total. The van der Waals surface area contributed by atoms with Crippen LogP contribution in [0.15, 0.2) is 48.5 Å². The Labute approximate surface area is 158 Å². The van der Waals surface area contributed by atoms with Gasteiger partial charge >= 0.3 is 0 Å². The third-order valence-corrected chi connectivity index (χ3v) is 4.73. The summed E-state index contributed by atoms with van der Waals surface area (Å²) >= 11 is 0. The van der Waals surface area contributed by atoms with Crippen molar-refractivity contribution in [3.8, 4) is 0 Å². The van der Waals surface area contributed by atoms with Crippen LogP contribution in [0.25, 0.3) is 0 Å². The molecule has 6 nitrogen and oxygen atoms in total. The van der Waals surface area contributed by atoms with Gasteiger partial charge in [0, 0.05) is 32.2 Å². The van der Waals surface area contributed by atoms with E-state index in [0.717, 1.165) is 5.56 Å². The second-order valence-electron chi connectivity index (χ2n) is 6.59. The van der Waals surface area contributed by atoms with Gasteiger partial charge in [-0.1, -0.05) is 30.3 Å². The van der Waals surface area contributed by atoms with Crippen molar-refractivity contribution in [1.29, 1.82) is 0 Å². The fraction of sp³-hybridized carbons (Fsp3) is 0.286. The van der Waals surface area contributed by atoms with E-state index in [4.69, 9.17) is 0 Å². The van der Waals surface area contributed by atoms with E-state index in [0.29, 0.717) is 42.7 Å². The van der Waals surface area contributed by atoms with Crippen molar-refractivity contribution in [2.24, 2.45) is 0 Å². The van der Waals surface area contributed by atoms with Gasteiger partial charge in [0.2, 0.25) is 0 Å². The lowest BCUT2D eigenvalue weighted by atomic mass is 10.0. The van der Waals surface area contributed by atoms with Gasteiger partial charge in [0.25, 0.3) is 17.7 Å². The van der Waals surface area contributed by atoms with Crippen LogP contribution >= 0.6 is 0 Å². The molecule has 0 unspecified atom stereocenters. The van der Waals surface area contributed by atoms with Gasteiger partial charge in [-0.25, -0.2) is 0 Å². The molecule has 0 bridgehead atoms. The van der Waals surface area contributed by atoms with E-state index in [9.17, 15) is 14.4 Å².